The summed E-state index contributed by atoms with van der Waals surface area (Å²) in [5, 5.41) is 2.99. The summed E-state index contributed by atoms with van der Waals surface area (Å²) in [7, 11) is 0. The van der Waals surface area contributed by atoms with Crippen molar-refractivity contribution in [3.63, 3.8) is 0 Å². The van der Waals surface area contributed by atoms with E-state index < -0.39 is 0 Å². The first-order valence-corrected chi connectivity index (χ1v) is 9.07. The molecule has 1 N–H and O–H groups in total. The topological polar surface area (TPSA) is 41.6 Å². The molecule has 1 amide bonds. The Kier molecular flexibility index (Phi) is 4.45. The molecule has 4 heteroatoms. The van der Waals surface area contributed by atoms with Gasteiger partial charge in [0.25, 0.3) is 5.91 Å². The number of hydrogen-bond donors (Lipinski definition) is 1. The minimum atomic E-state index is -0.0965. The van der Waals surface area contributed by atoms with E-state index in [2.05, 4.69) is 10.2 Å². The van der Waals surface area contributed by atoms with E-state index in [0.29, 0.717) is 18.2 Å². The summed E-state index contributed by atoms with van der Waals surface area (Å²) >= 11 is 0. The van der Waals surface area contributed by atoms with Crippen LogP contribution in [0.5, 0.6) is 5.75 Å². The highest BCUT2D eigenvalue weighted by molar-refractivity contribution is 6.04. The fourth-order valence-corrected chi connectivity index (χ4v) is 3.50. The average Bonchev–Trinajstić information content (AvgIpc) is 2.76. The monoisotopic (exact) mass is 336 g/mol. The van der Waals surface area contributed by atoms with E-state index in [9.17, 15) is 4.79 Å². The Morgan fingerprint density at radius 3 is 2.80 bits per heavy atom. The van der Waals surface area contributed by atoms with Gasteiger partial charge < -0.3 is 10.1 Å². The SMILES string of the molecule is Cc1ccccc1NC(=O)c1ccc2c(c1)OCCN(C1CCC1)C2. The number of nitrogens with zero attached hydrogens (tertiary/aromatic N) is 1. The van der Waals surface area contributed by atoms with Gasteiger partial charge >= 0.3 is 0 Å². The Balaban J connectivity index is 1.51. The van der Waals surface area contributed by atoms with Gasteiger partial charge in [-0.1, -0.05) is 30.7 Å². The molecule has 0 spiro atoms. The fraction of sp³-hybridized carbons (Fsp3) is 0.381. The summed E-state index contributed by atoms with van der Waals surface area (Å²) in [4.78, 5) is 15.1. The van der Waals surface area contributed by atoms with Crippen LogP contribution in [-0.4, -0.2) is 30.0 Å². The number of carbonyl (C=O) groups excluding carboxylic acids is 1. The quantitative estimate of drug-likeness (QED) is 0.921. The molecule has 2 aromatic rings. The van der Waals surface area contributed by atoms with Crippen LogP contribution < -0.4 is 10.1 Å². The van der Waals surface area contributed by atoms with Crippen molar-refractivity contribution < 1.29 is 9.53 Å². The molecule has 1 fully saturated rings. The van der Waals surface area contributed by atoms with E-state index in [1.54, 1.807) is 0 Å². The number of carbonyl (C=O) groups is 1. The number of amides is 1. The first kappa shape index (κ1) is 16.2. The van der Waals surface area contributed by atoms with Crippen LogP contribution >= 0.6 is 0 Å². The van der Waals surface area contributed by atoms with Crippen LogP contribution in [-0.2, 0) is 6.54 Å². The highest BCUT2D eigenvalue weighted by atomic mass is 16.5. The van der Waals surface area contributed by atoms with E-state index in [-0.39, 0.29) is 5.91 Å². The van der Waals surface area contributed by atoms with E-state index in [4.69, 9.17) is 4.74 Å². The van der Waals surface area contributed by atoms with Gasteiger partial charge in [-0.25, -0.2) is 0 Å². The molecule has 1 aliphatic carbocycles. The summed E-state index contributed by atoms with van der Waals surface area (Å²) in [6, 6.07) is 14.3. The number of benzene rings is 2. The van der Waals surface area contributed by atoms with E-state index >= 15 is 0 Å². The second kappa shape index (κ2) is 6.89. The maximum atomic E-state index is 12.6. The lowest BCUT2D eigenvalue weighted by Gasteiger charge is -2.36. The molecular formula is C21H24N2O2. The Labute approximate surface area is 148 Å². The number of hydrogen-bond acceptors (Lipinski definition) is 3. The number of nitrogens with one attached hydrogen (secondary N) is 1. The zero-order valence-corrected chi connectivity index (χ0v) is 14.6. The molecule has 4 nitrogen and oxygen atoms in total. The van der Waals surface area contributed by atoms with Crippen LogP contribution in [0.15, 0.2) is 42.5 Å². The molecule has 130 valence electrons. The van der Waals surface area contributed by atoms with E-state index in [0.717, 1.165) is 30.1 Å². The van der Waals surface area contributed by atoms with E-state index in [1.165, 1.54) is 24.8 Å². The summed E-state index contributed by atoms with van der Waals surface area (Å²) in [5.74, 6) is 0.750. The average molecular weight is 336 g/mol. The highest BCUT2D eigenvalue weighted by Crippen LogP contribution is 2.31. The number of para-hydroxylation sites is 1. The zero-order valence-electron chi connectivity index (χ0n) is 14.6. The largest absolute Gasteiger partial charge is 0.492 e. The smallest absolute Gasteiger partial charge is 0.255 e. The van der Waals surface area contributed by atoms with Crippen molar-refractivity contribution in [3.8, 4) is 5.75 Å². The number of aryl methyl sites for hydroxylation is 1. The second-order valence-corrected chi connectivity index (χ2v) is 7.00. The number of rotatable bonds is 3. The molecule has 1 heterocycles. The van der Waals surface area contributed by atoms with Crippen LogP contribution in [0.4, 0.5) is 5.69 Å². The third kappa shape index (κ3) is 3.40. The molecular weight excluding hydrogens is 312 g/mol. The maximum absolute atomic E-state index is 12.6. The fourth-order valence-electron chi connectivity index (χ4n) is 3.50. The van der Waals surface area contributed by atoms with Crippen molar-refractivity contribution in [1.29, 1.82) is 0 Å². The van der Waals surface area contributed by atoms with Crippen molar-refractivity contribution in [3.05, 3.63) is 59.2 Å². The van der Waals surface area contributed by atoms with Gasteiger partial charge in [0.1, 0.15) is 12.4 Å². The molecule has 0 aromatic heterocycles. The van der Waals surface area contributed by atoms with Crippen LogP contribution in [0.1, 0.15) is 40.7 Å². The van der Waals surface area contributed by atoms with Gasteiger partial charge in [0.05, 0.1) is 0 Å². The van der Waals surface area contributed by atoms with Gasteiger partial charge in [-0.15, -0.1) is 0 Å². The van der Waals surface area contributed by atoms with Crippen molar-refractivity contribution in [2.24, 2.45) is 0 Å². The molecule has 1 saturated carbocycles. The predicted octanol–water partition coefficient (Wildman–Crippen LogP) is 3.99. The number of ether oxygens (including phenoxy) is 1. The standard InChI is InChI=1S/C21H24N2O2/c1-15-5-2-3-8-19(15)22-21(24)16-9-10-17-14-23(18-6-4-7-18)11-12-25-20(17)13-16/h2-3,5,8-10,13,18H,4,6-7,11-12,14H2,1H3,(H,22,24). The van der Waals surface area contributed by atoms with Crippen molar-refractivity contribution in [2.45, 2.75) is 38.8 Å². The zero-order chi connectivity index (χ0) is 17.2. The van der Waals surface area contributed by atoms with E-state index in [1.807, 2.05) is 49.4 Å². The molecule has 0 unspecified atom stereocenters. The molecule has 1 aliphatic heterocycles. The number of fused-ring (bicyclic) bond motifs is 1. The molecule has 0 saturated heterocycles. The van der Waals surface area contributed by atoms with Gasteiger partial charge in [0, 0.05) is 35.9 Å². The van der Waals surface area contributed by atoms with Crippen LogP contribution in [0.25, 0.3) is 0 Å². The van der Waals surface area contributed by atoms with Crippen LogP contribution in [0.3, 0.4) is 0 Å². The summed E-state index contributed by atoms with van der Waals surface area (Å²) in [6.07, 6.45) is 3.94. The molecule has 0 atom stereocenters. The Bertz CT molecular complexity index is 783. The minimum absolute atomic E-state index is 0.0965. The van der Waals surface area contributed by atoms with Crippen molar-refractivity contribution in [2.75, 3.05) is 18.5 Å². The van der Waals surface area contributed by atoms with Gasteiger partial charge in [-0.05, 0) is 43.5 Å². The lowest BCUT2D eigenvalue weighted by atomic mass is 9.91. The summed E-state index contributed by atoms with van der Waals surface area (Å²) < 4.78 is 5.94. The Hall–Kier alpha value is -2.33. The van der Waals surface area contributed by atoms with Gasteiger partial charge in [-0.3, -0.25) is 9.69 Å². The molecule has 2 aliphatic rings. The molecule has 0 radical (unpaired) electrons. The lowest BCUT2D eigenvalue weighted by molar-refractivity contribution is 0.102. The normalized spacial score (nSPS) is 17.8. The third-order valence-electron chi connectivity index (χ3n) is 5.32. The third-order valence-corrected chi connectivity index (χ3v) is 5.32. The van der Waals surface area contributed by atoms with Crippen molar-refractivity contribution in [1.82, 2.24) is 4.90 Å². The van der Waals surface area contributed by atoms with Crippen LogP contribution in [0.2, 0.25) is 0 Å². The first-order chi connectivity index (χ1) is 12.2. The summed E-state index contributed by atoms with van der Waals surface area (Å²) in [6.45, 7) is 4.56. The summed E-state index contributed by atoms with van der Waals surface area (Å²) in [5.41, 5.74) is 3.72. The Morgan fingerprint density at radius 1 is 1.20 bits per heavy atom. The maximum Gasteiger partial charge on any atom is 0.255 e. The second-order valence-electron chi connectivity index (χ2n) is 7.00. The number of anilines is 1. The van der Waals surface area contributed by atoms with Gasteiger partial charge in [0.15, 0.2) is 0 Å². The molecule has 25 heavy (non-hydrogen) atoms. The van der Waals surface area contributed by atoms with Gasteiger partial charge in [-0.2, -0.15) is 0 Å². The molecule has 0 bridgehead atoms. The molecule has 4 rings (SSSR count). The van der Waals surface area contributed by atoms with Crippen molar-refractivity contribution >= 4 is 11.6 Å². The highest BCUT2D eigenvalue weighted by Gasteiger charge is 2.27. The first-order valence-electron chi connectivity index (χ1n) is 9.07. The predicted molar refractivity (Wildman–Crippen MR) is 99.1 cm³/mol. The minimum Gasteiger partial charge on any atom is -0.492 e. The van der Waals surface area contributed by atoms with Crippen LogP contribution in [0, 0.1) is 6.92 Å². The molecule has 2 aromatic carbocycles. The Morgan fingerprint density at radius 2 is 2.04 bits per heavy atom. The van der Waals surface area contributed by atoms with Gasteiger partial charge in [0.2, 0.25) is 0 Å². The lowest BCUT2D eigenvalue weighted by Crippen LogP contribution is -2.40.